The molecule has 2 rings (SSSR count). The second kappa shape index (κ2) is 5.65. The molecule has 1 aliphatic heterocycles. The molecule has 0 saturated carbocycles. The Hall–Kier alpha value is -0.490. The summed E-state index contributed by atoms with van der Waals surface area (Å²) in [6, 6.07) is 0. The van der Waals surface area contributed by atoms with E-state index in [9.17, 15) is 4.21 Å². The SMILES string of the molecule is CCC1(CC)CN(c2ncc(Br)cn2)CCS1=O. The maximum Gasteiger partial charge on any atom is 0.225 e. The minimum atomic E-state index is -0.742. The van der Waals surface area contributed by atoms with Gasteiger partial charge in [0.1, 0.15) is 0 Å². The van der Waals surface area contributed by atoms with Crippen molar-refractivity contribution in [2.75, 3.05) is 23.7 Å². The highest BCUT2D eigenvalue weighted by atomic mass is 79.9. The van der Waals surface area contributed by atoms with E-state index in [1.807, 2.05) is 0 Å². The third-order valence-electron chi connectivity index (χ3n) is 3.69. The maximum atomic E-state index is 12.2. The second-order valence-electron chi connectivity index (χ2n) is 4.56. The second-order valence-corrected chi connectivity index (χ2v) is 7.44. The summed E-state index contributed by atoms with van der Waals surface area (Å²) in [5.41, 5.74) is 0. The Morgan fingerprint density at radius 2 is 2.00 bits per heavy atom. The van der Waals surface area contributed by atoms with Crippen molar-refractivity contribution >= 4 is 32.7 Å². The lowest BCUT2D eigenvalue weighted by atomic mass is 10.0. The first kappa shape index (κ1) is 13.9. The maximum absolute atomic E-state index is 12.2. The average molecular weight is 332 g/mol. The summed E-state index contributed by atoms with van der Waals surface area (Å²) in [4.78, 5) is 10.8. The van der Waals surface area contributed by atoms with Crippen LogP contribution in [0.4, 0.5) is 5.95 Å². The molecule has 1 aliphatic rings. The summed E-state index contributed by atoms with van der Waals surface area (Å²) < 4.78 is 13.0. The molecule has 0 aliphatic carbocycles. The van der Waals surface area contributed by atoms with Gasteiger partial charge in [0.15, 0.2) is 0 Å². The molecule has 0 aromatic carbocycles. The zero-order valence-corrected chi connectivity index (χ0v) is 13.1. The lowest BCUT2D eigenvalue weighted by Crippen LogP contribution is -2.53. The Morgan fingerprint density at radius 1 is 1.39 bits per heavy atom. The standard InChI is InChI=1S/C12H18BrN3OS/c1-3-12(4-2)9-16(5-6-18(12)17)11-14-7-10(13)8-15-11/h7-8H,3-6,9H2,1-2H3. The Balaban J connectivity index is 2.21. The third kappa shape index (κ3) is 2.59. The lowest BCUT2D eigenvalue weighted by Gasteiger charge is -2.41. The van der Waals surface area contributed by atoms with Crippen molar-refractivity contribution in [1.82, 2.24) is 9.97 Å². The number of halogens is 1. The summed E-state index contributed by atoms with van der Waals surface area (Å²) in [6.45, 7) is 5.80. The summed E-state index contributed by atoms with van der Waals surface area (Å²) in [7, 11) is -0.742. The Kier molecular flexibility index (Phi) is 4.37. The highest BCUT2D eigenvalue weighted by Crippen LogP contribution is 2.30. The first-order valence-electron chi connectivity index (χ1n) is 6.22. The van der Waals surface area contributed by atoms with E-state index in [-0.39, 0.29) is 4.75 Å². The van der Waals surface area contributed by atoms with Crippen LogP contribution in [0.2, 0.25) is 0 Å². The molecular formula is C12H18BrN3OS. The van der Waals surface area contributed by atoms with Crippen LogP contribution < -0.4 is 4.90 Å². The van der Waals surface area contributed by atoms with E-state index >= 15 is 0 Å². The van der Waals surface area contributed by atoms with Crippen molar-refractivity contribution in [3.63, 3.8) is 0 Å². The number of rotatable bonds is 3. The molecule has 6 heteroatoms. The van der Waals surface area contributed by atoms with Gasteiger partial charge in [-0.15, -0.1) is 0 Å². The molecule has 1 unspecified atom stereocenters. The number of nitrogens with zero attached hydrogens (tertiary/aromatic N) is 3. The summed E-state index contributed by atoms with van der Waals surface area (Å²) in [5.74, 6) is 1.45. The Morgan fingerprint density at radius 3 is 2.56 bits per heavy atom. The first-order chi connectivity index (χ1) is 8.61. The monoisotopic (exact) mass is 331 g/mol. The van der Waals surface area contributed by atoms with E-state index < -0.39 is 10.8 Å². The van der Waals surface area contributed by atoms with Gasteiger partial charge < -0.3 is 4.90 Å². The van der Waals surface area contributed by atoms with Crippen LogP contribution in [-0.2, 0) is 10.8 Å². The molecule has 18 heavy (non-hydrogen) atoms. The lowest BCUT2D eigenvalue weighted by molar-refractivity contribution is 0.492. The minimum Gasteiger partial charge on any atom is -0.338 e. The van der Waals surface area contributed by atoms with Gasteiger partial charge in [0, 0.05) is 42.0 Å². The highest BCUT2D eigenvalue weighted by Gasteiger charge is 2.39. The van der Waals surface area contributed by atoms with Crippen LogP contribution in [0.25, 0.3) is 0 Å². The van der Waals surface area contributed by atoms with Gasteiger partial charge in [-0.2, -0.15) is 0 Å². The van der Waals surface area contributed by atoms with Gasteiger partial charge in [-0.05, 0) is 28.8 Å². The largest absolute Gasteiger partial charge is 0.338 e. The van der Waals surface area contributed by atoms with Crippen molar-refractivity contribution in [1.29, 1.82) is 0 Å². The van der Waals surface area contributed by atoms with Gasteiger partial charge in [-0.25, -0.2) is 9.97 Å². The topological polar surface area (TPSA) is 46.1 Å². The molecule has 1 aromatic rings. The van der Waals surface area contributed by atoms with Crippen LogP contribution in [0.15, 0.2) is 16.9 Å². The zero-order chi connectivity index (χ0) is 13.2. The fraction of sp³-hybridized carbons (Fsp3) is 0.667. The van der Waals surface area contributed by atoms with Gasteiger partial charge in [0.25, 0.3) is 0 Å². The number of hydrogen-bond donors (Lipinski definition) is 0. The van der Waals surface area contributed by atoms with E-state index in [0.29, 0.717) is 5.75 Å². The molecule has 4 nitrogen and oxygen atoms in total. The molecule has 1 saturated heterocycles. The quantitative estimate of drug-likeness (QED) is 0.853. The molecule has 0 radical (unpaired) electrons. The molecule has 2 heterocycles. The van der Waals surface area contributed by atoms with Gasteiger partial charge >= 0.3 is 0 Å². The van der Waals surface area contributed by atoms with E-state index in [4.69, 9.17) is 0 Å². The summed E-state index contributed by atoms with van der Waals surface area (Å²) in [6.07, 6.45) is 5.38. The molecule has 1 fully saturated rings. The molecule has 0 bridgehead atoms. The van der Waals surface area contributed by atoms with Crippen molar-refractivity contribution in [2.24, 2.45) is 0 Å². The van der Waals surface area contributed by atoms with Crippen molar-refractivity contribution in [2.45, 2.75) is 31.4 Å². The molecule has 100 valence electrons. The summed E-state index contributed by atoms with van der Waals surface area (Å²) >= 11 is 3.34. The number of hydrogen-bond acceptors (Lipinski definition) is 4. The van der Waals surface area contributed by atoms with Crippen LogP contribution in [0, 0.1) is 0 Å². The molecule has 0 amide bonds. The van der Waals surface area contributed by atoms with Crippen LogP contribution in [0.5, 0.6) is 0 Å². The minimum absolute atomic E-state index is 0.102. The molecular weight excluding hydrogens is 314 g/mol. The van der Waals surface area contributed by atoms with E-state index in [2.05, 4.69) is 44.6 Å². The number of anilines is 1. The Labute approximate surface area is 119 Å². The molecule has 1 aromatic heterocycles. The van der Waals surface area contributed by atoms with Crippen LogP contribution in [-0.4, -0.2) is 37.8 Å². The molecule has 1 atom stereocenters. The smallest absolute Gasteiger partial charge is 0.225 e. The average Bonchev–Trinajstić information content (AvgIpc) is 2.41. The van der Waals surface area contributed by atoms with Gasteiger partial charge in [-0.1, -0.05) is 13.8 Å². The van der Waals surface area contributed by atoms with Gasteiger partial charge in [-0.3, -0.25) is 4.21 Å². The van der Waals surface area contributed by atoms with Crippen molar-refractivity contribution in [3.8, 4) is 0 Å². The third-order valence-corrected chi connectivity index (χ3v) is 6.32. The normalized spacial score (nSPS) is 23.1. The van der Waals surface area contributed by atoms with E-state index in [1.165, 1.54) is 0 Å². The highest BCUT2D eigenvalue weighted by molar-refractivity contribution is 9.10. The number of aromatic nitrogens is 2. The van der Waals surface area contributed by atoms with E-state index in [0.717, 1.165) is 36.4 Å². The van der Waals surface area contributed by atoms with Crippen LogP contribution in [0.3, 0.4) is 0 Å². The van der Waals surface area contributed by atoms with Crippen LogP contribution in [0.1, 0.15) is 26.7 Å². The Bertz CT molecular complexity index is 433. The first-order valence-corrected chi connectivity index (χ1v) is 8.33. The zero-order valence-electron chi connectivity index (χ0n) is 10.7. The molecule has 0 N–H and O–H groups in total. The predicted molar refractivity (Wildman–Crippen MR) is 78.3 cm³/mol. The van der Waals surface area contributed by atoms with E-state index in [1.54, 1.807) is 12.4 Å². The summed E-state index contributed by atoms with van der Waals surface area (Å²) in [5, 5.41) is 0. The van der Waals surface area contributed by atoms with Gasteiger partial charge in [0.05, 0.1) is 9.22 Å². The predicted octanol–water partition coefficient (Wildman–Crippen LogP) is 2.37. The fourth-order valence-corrected chi connectivity index (χ4v) is 4.31. The molecule has 0 spiro atoms. The van der Waals surface area contributed by atoms with Gasteiger partial charge in [0.2, 0.25) is 5.95 Å². The van der Waals surface area contributed by atoms with Crippen LogP contribution >= 0.6 is 15.9 Å². The van der Waals surface area contributed by atoms with Crippen molar-refractivity contribution in [3.05, 3.63) is 16.9 Å². The fourth-order valence-electron chi connectivity index (χ4n) is 2.34. The van der Waals surface area contributed by atoms with Crippen molar-refractivity contribution < 1.29 is 4.21 Å².